The predicted molar refractivity (Wildman–Crippen MR) is 231 cm³/mol. The Hall–Kier alpha value is -5.79. The van der Waals surface area contributed by atoms with Gasteiger partial charge in [0.05, 0.1) is 35.8 Å². The van der Waals surface area contributed by atoms with Crippen molar-refractivity contribution in [3.05, 3.63) is 136 Å². The van der Waals surface area contributed by atoms with Crippen LogP contribution in [0.15, 0.2) is 114 Å². The average molecular weight is 864 g/mol. The van der Waals surface area contributed by atoms with Gasteiger partial charge in [0.15, 0.2) is 0 Å². The summed E-state index contributed by atoms with van der Waals surface area (Å²) >= 11 is 3.41. The number of carboxylic acids is 1. The predicted octanol–water partition coefficient (Wildman–Crippen LogP) is 8.90. The lowest BCUT2D eigenvalue weighted by atomic mass is 9.94. The molecule has 0 fully saturated rings. The number of nitrogens with zero attached hydrogens (tertiary/aromatic N) is 2. The highest BCUT2D eigenvalue weighted by molar-refractivity contribution is 9.10. The number of pyridine rings is 2. The van der Waals surface area contributed by atoms with Crippen LogP contribution in [0.25, 0.3) is 27.6 Å². The molecule has 0 radical (unpaired) electrons. The number of benzene rings is 3. The molecule has 0 aliphatic carbocycles. The summed E-state index contributed by atoms with van der Waals surface area (Å²) in [6.45, 7) is 11.7. The third kappa shape index (κ3) is 18.9. The van der Waals surface area contributed by atoms with Crippen molar-refractivity contribution >= 4 is 67.4 Å². The molecule has 3 aromatic carbocycles. The molecule has 1 aliphatic rings. The summed E-state index contributed by atoms with van der Waals surface area (Å²) in [5, 5.41) is 15.4. The molecule has 6 rings (SSSR count). The lowest BCUT2D eigenvalue weighted by molar-refractivity contribution is -0.144. The lowest BCUT2D eigenvalue weighted by Gasteiger charge is -2.18. The molecule has 1 atom stereocenters. The van der Waals surface area contributed by atoms with E-state index in [1.54, 1.807) is 26.2 Å². The second-order valence-corrected chi connectivity index (χ2v) is 13.5. The highest BCUT2D eigenvalue weighted by Crippen LogP contribution is 2.20. The number of rotatable bonds is 6. The van der Waals surface area contributed by atoms with Gasteiger partial charge in [0.2, 0.25) is 0 Å². The van der Waals surface area contributed by atoms with Crippen LogP contribution in [0.3, 0.4) is 0 Å². The van der Waals surface area contributed by atoms with Gasteiger partial charge in [-0.3, -0.25) is 23.9 Å². The summed E-state index contributed by atoms with van der Waals surface area (Å²) in [5.41, 5.74) is 6.02. The SMILES string of the molecule is Brc1ccc2cnccc2c1.C=C(C)C(=O)OC.CC(=O)O.COC(=O)/C(C)=C/c1ccc2cnccc2c1.COC(=O)C(C)Cc1ccc2c(c1)CCNC2.[2H]CF. The van der Waals surface area contributed by atoms with Gasteiger partial charge in [0.1, 0.15) is 0 Å². The van der Waals surface area contributed by atoms with Crippen LogP contribution in [0.2, 0.25) is 0 Å². The maximum atomic E-state index is 11.4. The number of carboxylic acid groups (broad SMARTS) is 1. The molecule has 11 nitrogen and oxygen atoms in total. The van der Waals surface area contributed by atoms with Crippen molar-refractivity contribution in [3.63, 3.8) is 0 Å². The highest BCUT2D eigenvalue weighted by atomic mass is 79.9. The summed E-state index contributed by atoms with van der Waals surface area (Å²) in [6, 6.07) is 22.6. The zero-order valence-electron chi connectivity index (χ0n) is 35.0. The molecule has 0 amide bonds. The normalized spacial score (nSPS) is 11.7. The van der Waals surface area contributed by atoms with Gasteiger partial charge in [-0.05, 0) is 103 Å². The Kier molecular flexibility index (Phi) is 23.1. The minimum Gasteiger partial charge on any atom is -0.481 e. The van der Waals surface area contributed by atoms with Crippen molar-refractivity contribution in [1.29, 1.82) is 0 Å². The van der Waals surface area contributed by atoms with Gasteiger partial charge in [-0.2, -0.15) is 0 Å². The molecule has 0 bridgehead atoms. The van der Waals surface area contributed by atoms with E-state index >= 15 is 0 Å². The third-order valence-corrected chi connectivity index (χ3v) is 8.49. The van der Waals surface area contributed by atoms with E-state index in [2.05, 4.69) is 71.5 Å². The minimum atomic E-state index is -1.00. The summed E-state index contributed by atoms with van der Waals surface area (Å²) in [5.74, 6) is -1.69. The number of halogens is 2. The van der Waals surface area contributed by atoms with Crippen LogP contribution in [0.1, 0.15) is 51.3 Å². The number of methoxy groups -OCH3 is 3. The summed E-state index contributed by atoms with van der Waals surface area (Å²) < 4.78 is 30.3. The van der Waals surface area contributed by atoms with E-state index in [4.69, 9.17) is 16.0 Å². The van der Waals surface area contributed by atoms with E-state index < -0.39 is 13.1 Å². The molecule has 3 heterocycles. The number of aliphatic carboxylic acids is 1. The van der Waals surface area contributed by atoms with Crippen LogP contribution < -0.4 is 5.32 Å². The summed E-state index contributed by atoms with van der Waals surface area (Å²) in [4.78, 5) is 49.9. The third-order valence-electron chi connectivity index (χ3n) is 7.99. The van der Waals surface area contributed by atoms with Gasteiger partial charge in [-0.25, -0.2) is 9.59 Å². The molecule has 5 aromatic rings. The molecule has 0 spiro atoms. The molecular weight excluding hydrogens is 809 g/mol. The van der Waals surface area contributed by atoms with Crippen LogP contribution in [0.4, 0.5) is 4.39 Å². The van der Waals surface area contributed by atoms with E-state index in [1.165, 1.54) is 48.8 Å². The number of carbonyl (C=O) groups is 4. The molecule has 2 N–H and O–H groups in total. The molecule has 58 heavy (non-hydrogen) atoms. The van der Waals surface area contributed by atoms with Crippen LogP contribution in [-0.4, -0.2) is 74.0 Å². The Labute approximate surface area is 349 Å². The first-order valence-electron chi connectivity index (χ1n) is 18.6. The van der Waals surface area contributed by atoms with Crippen molar-refractivity contribution in [2.75, 3.05) is 35.0 Å². The monoisotopic (exact) mass is 862 g/mol. The fourth-order valence-electron chi connectivity index (χ4n) is 5.19. The summed E-state index contributed by atoms with van der Waals surface area (Å²) in [7, 11) is 3.15. The molecule has 0 saturated carbocycles. The number of nitrogens with one attached hydrogen (secondary N) is 1. The van der Waals surface area contributed by atoms with E-state index in [0.29, 0.717) is 11.1 Å². The fourth-order valence-corrected chi connectivity index (χ4v) is 5.56. The van der Waals surface area contributed by atoms with Gasteiger partial charge in [-0.15, -0.1) is 0 Å². The Morgan fingerprint density at radius 3 is 1.97 bits per heavy atom. The lowest BCUT2D eigenvalue weighted by Crippen LogP contribution is -2.23. The molecular formula is C45H53BrFN3O8. The quantitative estimate of drug-likeness (QED) is 0.0956. The van der Waals surface area contributed by atoms with Gasteiger partial charge in [0.25, 0.3) is 5.97 Å². The van der Waals surface area contributed by atoms with E-state index in [-0.39, 0.29) is 23.8 Å². The largest absolute Gasteiger partial charge is 0.481 e. The molecule has 0 saturated heterocycles. The second-order valence-electron chi connectivity index (χ2n) is 12.6. The Morgan fingerprint density at radius 2 is 1.43 bits per heavy atom. The number of fused-ring (bicyclic) bond motifs is 3. The first kappa shape index (κ1) is 48.4. The molecule has 2 aromatic heterocycles. The van der Waals surface area contributed by atoms with Gasteiger partial charge in [-0.1, -0.05) is 65.8 Å². The fraction of sp³-hybridized carbons (Fsp3) is 0.289. The van der Waals surface area contributed by atoms with Crippen LogP contribution in [-0.2, 0) is 52.8 Å². The zero-order valence-corrected chi connectivity index (χ0v) is 35.6. The smallest absolute Gasteiger partial charge is 0.333 e. The Morgan fingerprint density at radius 1 is 0.862 bits per heavy atom. The maximum absolute atomic E-state index is 11.4. The molecule has 1 aliphatic heterocycles. The number of alkyl halides is 1. The number of hydrogen-bond donors (Lipinski definition) is 2. The molecule has 1 unspecified atom stereocenters. The second kappa shape index (κ2) is 27.7. The van der Waals surface area contributed by atoms with Crippen molar-refractivity contribution in [2.24, 2.45) is 5.92 Å². The Bertz CT molecular complexity index is 2160. The first-order valence-corrected chi connectivity index (χ1v) is 18.7. The summed E-state index contributed by atoms with van der Waals surface area (Å²) in [6.07, 6.45) is 10.9. The number of hydrogen-bond acceptors (Lipinski definition) is 10. The van der Waals surface area contributed by atoms with Crippen molar-refractivity contribution in [2.45, 2.75) is 47.1 Å². The van der Waals surface area contributed by atoms with Gasteiger partial charge >= 0.3 is 17.9 Å². The number of ether oxygens (including phenoxy) is 3. The standard InChI is InChI=1S/C14H19NO2.C14H13NO2.C9H6BrN.C5H8O2.C2H4O2.CH3F/c2*1-10(14(16)17-2)7-11-3-4-13-9-15-6-5-12(13)8-11;10-9-2-1-8-6-11-4-3-7(8)5-9;1-4(2)5(6)7-3;1-2(3)4;1-2/h3-4,8,10,15H,5-7,9H2,1-2H3;3-9H,1-2H3;1-6H;1H2,2-3H3;1H3,(H,3,4);1H3/b;10-7+;;;;/i;;;;;1D. The van der Waals surface area contributed by atoms with Crippen molar-refractivity contribution in [1.82, 2.24) is 15.3 Å². The number of aromatic nitrogens is 2. The Balaban J connectivity index is 0.000000387. The molecule has 13 heteroatoms. The minimum absolute atomic E-state index is 0.0697. The zero-order chi connectivity index (χ0) is 44.3. The van der Waals surface area contributed by atoms with Crippen molar-refractivity contribution in [3.8, 4) is 0 Å². The van der Waals surface area contributed by atoms with E-state index in [9.17, 15) is 18.8 Å². The van der Waals surface area contributed by atoms with Crippen molar-refractivity contribution < 1.29 is 44.3 Å². The topological polar surface area (TPSA) is 154 Å². The number of esters is 3. The van der Waals surface area contributed by atoms with Crippen LogP contribution in [0, 0.1) is 5.92 Å². The highest BCUT2D eigenvalue weighted by Gasteiger charge is 2.15. The molecule has 310 valence electrons. The van der Waals surface area contributed by atoms with Crippen LogP contribution >= 0.6 is 15.9 Å². The van der Waals surface area contributed by atoms with Crippen LogP contribution in [0.5, 0.6) is 0 Å². The first-order chi connectivity index (χ1) is 28.1. The van der Waals surface area contributed by atoms with Gasteiger partial charge in [0, 0.05) is 64.6 Å². The maximum Gasteiger partial charge on any atom is 0.333 e. The van der Waals surface area contributed by atoms with E-state index in [1.807, 2.05) is 67.9 Å². The number of carbonyl (C=O) groups excluding carboxylic acids is 3. The van der Waals surface area contributed by atoms with Gasteiger partial charge < -0.3 is 24.6 Å². The van der Waals surface area contributed by atoms with E-state index in [0.717, 1.165) is 53.7 Å². The average Bonchev–Trinajstić information content (AvgIpc) is 3.23.